The van der Waals surface area contributed by atoms with E-state index in [1.807, 2.05) is 12.5 Å². The number of hydrogen-bond acceptors (Lipinski definition) is 3. The van der Waals surface area contributed by atoms with Gasteiger partial charge in [0.2, 0.25) is 0 Å². The number of likely N-dealkylation sites (N-methyl/N-ethyl adjacent to an activating group) is 1. The summed E-state index contributed by atoms with van der Waals surface area (Å²) in [6.07, 6.45) is 7.53. The summed E-state index contributed by atoms with van der Waals surface area (Å²) >= 11 is 0. The lowest BCUT2D eigenvalue weighted by Crippen LogP contribution is -2.33. The number of aromatic nitrogens is 2. The molecule has 0 bridgehead atoms. The fraction of sp³-hybridized carbons (Fsp3) is 0.800. The van der Waals surface area contributed by atoms with E-state index in [2.05, 4.69) is 35.2 Å². The molecule has 1 aromatic heterocycles. The van der Waals surface area contributed by atoms with Gasteiger partial charge in [-0.25, -0.2) is 4.98 Å². The van der Waals surface area contributed by atoms with Crippen LogP contribution in [0, 0.1) is 5.92 Å². The third-order valence-electron chi connectivity index (χ3n) is 4.16. The Morgan fingerprint density at radius 2 is 2.26 bits per heavy atom. The average molecular weight is 264 g/mol. The van der Waals surface area contributed by atoms with Crippen LogP contribution in [0.25, 0.3) is 0 Å². The van der Waals surface area contributed by atoms with Crippen molar-refractivity contribution in [3.8, 4) is 0 Å². The summed E-state index contributed by atoms with van der Waals surface area (Å²) in [6.45, 7) is 10.1. The second-order valence-electron chi connectivity index (χ2n) is 6.13. The van der Waals surface area contributed by atoms with Crippen LogP contribution in [0.3, 0.4) is 0 Å². The highest BCUT2D eigenvalue weighted by atomic mass is 15.2. The smallest absolute Gasteiger partial charge is 0.0949 e. The van der Waals surface area contributed by atoms with Crippen molar-refractivity contribution in [3.05, 3.63) is 18.2 Å². The van der Waals surface area contributed by atoms with E-state index in [1.165, 1.54) is 25.1 Å². The summed E-state index contributed by atoms with van der Waals surface area (Å²) in [5.74, 6) is 0.622. The fourth-order valence-corrected chi connectivity index (χ4v) is 3.17. The van der Waals surface area contributed by atoms with E-state index in [9.17, 15) is 0 Å². The van der Waals surface area contributed by atoms with Crippen molar-refractivity contribution in [2.45, 2.75) is 58.7 Å². The van der Waals surface area contributed by atoms with Crippen LogP contribution < -0.4 is 5.73 Å². The third kappa shape index (κ3) is 3.57. The number of imidazole rings is 1. The molecule has 0 aromatic carbocycles. The van der Waals surface area contributed by atoms with E-state index >= 15 is 0 Å². The molecule has 0 aliphatic carbocycles. The van der Waals surface area contributed by atoms with E-state index in [0.717, 1.165) is 19.5 Å². The average Bonchev–Trinajstić information content (AvgIpc) is 2.97. The fourth-order valence-electron chi connectivity index (χ4n) is 3.17. The van der Waals surface area contributed by atoms with Gasteiger partial charge >= 0.3 is 0 Å². The Morgan fingerprint density at radius 1 is 1.47 bits per heavy atom. The molecule has 1 aliphatic rings. The maximum atomic E-state index is 6.31. The summed E-state index contributed by atoms with van der Waals surface area (Å²) in [4.78, 5) is 6.88. The number of likely N-dealkylation sites (tertiary alicyclic amines) is 1. The molecule has 2 atom stereocenters. The van der Waals surface area contributed by atoms with Crippen molar-refractivity contribution < 1.29 is 0 Å². The molecule has 1 fully saturated rings. The molecule has 2 N–H and O–H groups in total. The van der Waals surface area contributed by atoms with Crippen LogP contribution in [0.4, 0.5) is 0 Å². The molecule has 0 amide bonds. The van der Waals surface area contributed by atoms with Crippen LogP contribution >= 0.6 is 0 Å². The van der Waals surface area contributed by atoms with Gasteiger partial charge in [0.1, 0.15) is 0 Å². The summed E-state index contributed by atoms with van der Waals surface area (Å²) < 4.78 is 2.27. The lowest BCUT2D eigenvalue weighted by Gasteiger charge is -2.25. The standard InChI is InChI=1S/C15H28N4/c1-4-18-7-5-6-13(18)10-19-11-17-9-15(19)14(16)8-12(2)3/h9,11-14H,4-8,10,16H2,1-3H3. The first-order valence-electron chi connectivity index (χ1n) is 7.61. The van der Waals surface area contributed by atoms with Gasteiger partial charge < -0.3 is 10.3 Å². The molecule has 0 saturated carbocycles. The normalized spacial score (nSPS) is 22.3. The zero-order chi connectivity index (χ0) is 13.8. The predicted molar refractivity (Wildman–Crippen MR) is 78.9 cm³/mol. The Morgan fingerprint density at radius 3 is 2.95 bits per heavy atom. The second-order valence-corrected chi connectivity index (χ2v) is 6.13. The summed E-state index contributed by atoms with van der Waals surface area (Å²) in [5.41, 5.74) is 7.50. The van der Waals surface area contributed by atoms with E-state index in [0.29, 0.717) is 12.0 Å². The van der Waals surface area contributed by atoms with Gasteiger partial charge in [0.05, 0.1) is 12.0 Å². The molecule has 2 heterocycles. The van der Waals surface area contributed by atoms with Crippen molar-refractivity contribution in [1.29, 1.82) is 0 Å². The number of nitrogens with two attached hydrogens (primary N) is 1. The van der Waals surface area contributed by atoms with Gasteiger partial charge in [-0.1, -0.05) is 20.8 Å². The predicted octanol–water partition coefficient (Wildman–Crippen LogP) is 2.41. The van der Waals surface area contributed by atoms with Gasteiger partial charge in [0.25, 0.3) is 0 Å². The molecule has 1 aliphatic heterocycles. The number of hydrogen-bond donors (Lipinski definition) is 1. The molecule has 1 aromatic rings. The monoisotopic (exact) mass is 264 g/mol. The highest BCUT2D eigenvalue weighted by molar-refractivity contribution is 5.05. The van der Waals surface area contributed by atoms with Gasteiger partial charge in [-0.05, 0) is 38.3 Å². The van der Waals surface area contributed by atoms with Crippen molar-refractivity contribution >= 4 is 0 Å². The first kappa shape index (κ1) is 14.5. The van der Waals surface area contributed by atoms with Gasteiger partial charge in [-0.3, -0.25) is 4.90 Å². The van der Waals surface area contributed by atoms with E-state index in [1.54, 1.807) is 0 Å². The Kier molecular flexibility index (Phi) is 4.99. The molecular weight excluding hydrogens is 236 g/mol. The SMILES string of the molecule is CCN1CCCC1Cn1cncc1C(N)CC(C)C. The van der Waals surface area contributed by atoms with Gasteiger partial charge in [0, 0.05) is 24.8 Å². The van der Waals surface area contributed by atoms with Crippen LogP contribution in [-0.2, 0) is 6.54 Å². The van der Waals surface area contributed by atoms with E-state index in [4.69, 9.17) is 5.73 Å². The zero-order valence-corrected chi connectivity index (χ0v) is 12.5. The summed E-state index contributed by atoms with van der Waals surface area (Å²) in [7, 11) is 0. The third-order valence-corrected chi connectivity index (χ3v) is 4.16. The molecule has 0 radical (unpaired) electrons. The quantitative estimate of drug-likeness (QED) is 0.858. The summed E-state index contributed by atoms with van der Waals surface area (Å²) in [6, 6.07) is 0.767. The molecule has 2 rings (SSSR count). The van der Waals surface area contributed by atoms with Crippen molar-refractivity contribution in [3.63, 3.8) is 0 Å². The first-order chi connectivity index (χ1) is 9.11. The maximum absolute atomic E-state index is 6.31. The number of nitrogens with zero attached hydrogens (tertiary/aromatic N) is 3. The minimum Gasteiger partial charge on any atom is -0.332 e. The van der Waals surface area contributed by atoms with Crippen molar-refractivity contribution in [2.24, 2.45) is 11.7 Å². The highest BCUT2D eigenvalue weighted by Crippen LogP contribution is 2.22. The molecule has 108 valence electrons. The number of rotatable bonds is 6. The highest BCUT2D eigenvalue weighted by Gasteiger charge is 2.24. The lowest BCUT2D eigenvalue weighted by atomic mass is 10.0. The Labute approximate surface area is 117 Å². The van der Waals surface area contributed by atoms with Gasteiger partial charge in [-0.15, -0.1) is 0 Å². The van der Waals surface area contributed by atoms with E-state index < -0.39 is 0 Å². The topological polar surface area (TPSA) is 47.1 Å². The zero-order valence-electron chi connectivity index (χ0n) is 12.5. The van der Waals surface area contributed by atoms with Crippen LogP contribution in [0.1, 0.15) is 51.8 Å². The Balaban J connectivity index is 2.03. The van der Waals surface area contributed by atoms with Crippen LogP contribution in [0.15, 0.2) is 12.5 Å². The summed E-state index contributed by atoms with van der Waals surface area (Å²) in [5, 5.41) is 0. The molecule has 19 heavy (non-hydrogen) atoms. The molecular formula is C15H28N4. The molecule has 0 spiro atoms. The van der Waals surface area contributed by atoms with Crippen molar-refractivity contribution in [1.82, 2.24) is 14.5 Å². The van der Waals surface area contributed by atoms with Gasteiger partial charge in [-0.2, -0.15) is 0 Å². The Bertz CT molecular complexity index is 385. The van der Waals surface area contributed by atoms with E-state index in [-0.39, 0.29) is 6.04 Å². The van der Waals surface area contributed by atoms with Crippen LogP contribution in [0.2, 0.25) is 0 Å². The molecule has 4 nitrogen and oxygen atoms in total. The second kappa shape index (κ2) is 6.53. The Hall–Kier alpha value is -0.870. The van der Waals surface area contributed by atoms with Crippen LogP contribution in [-0.4, -0.2) is 33.6 Å². The largest absolute Gasteiger partial charge is 0.332 e. The first-order valence-corrected chi connectivity index (χ1v) is 7.61. The maximum Gasteiger partial charge on any atom is 0.0949 e. The molecule has 4 heteroatoms. The minimum absolute atomic E-state index is 0.110. The molecule has 2 unspecified atom stereocenters. The molecule has 1 saturated heterocycles. The minimum atomic E-state index is 0.110. The van der Waals surface area contributed by atoms with Gasteiger partial charge in [0.15, 0.2) is 0 Å². The van der Waals surface area contributed by atoms with Crippen molar-refractivity contribution in [2.75, 3.05) is 13.1 Å². The lowest BCUT2D eigenvalue weighted by molar-refractivity contribution is 0.241. The van der Waals surface area contributed by atoms with Crippen LogP contribution in [0.5, 0.6) is 0 Å².